The minimum Gasteiger partial charge on any atom is -0.480 e. The lowest BCUT2D eigenvalue weighted by molar-refractivity contribution is -0.138. The average molecular weight is 394 g/mol. The maximum absolute atomic E-state index is 10.2. The maximum Gasteiger partial charge on any atom is 0.320 e. The van der Waals surface area contributed by atoms with Crippen molar-refractivity contribution >= 4 is 35.5 Å². The fourth-order valence-electron chi connectivity index (χ4n) is 1.48. The van der Waals surface area contributed by atoms with Crippen LogP contribution in [0.2, 0.25) is 10.0 Å². The molecule has 0 aliphatic rings. The van der Waals surface area contributed by atoms with E-state index in [4.69, 9.17) is 39.8 Å². The highest BCUT2D eigenvalue weighted by atomic mass is 35.5. The number of benzene rings is 1. The number of halogens is 2. The van der Waals surface area contributed by atoms with Gasteiger partial charge in [-0.3, -0.25) is 9.59 Å². The second kappa shape index (κ2) is 17.6. The lowest BCUT2D eigenvalue weighted by Crippen LogP contribution is -2.29. The molecule has 1 aromatic carbocycles. The minimum atomic E-state index is -0.933. The predicted molar refractivity (Wildman–Crippen MR) is 105 cm³/mol. The molecule has 0 bridgehead atoms. The largest absolute Gasteiger partial charge is 0.480 e. The molecule has 0 saturated heterocycles. The van der Waals surface area contributed by atoms with Gasteiger partial charge in [0.05, 0.1) is 5.02 Å². The quantitative estimate of drug-likeness (QED) is 0.398. The number of carbonyl (C=O) groups is 2. The Labute approximate surface area is 159 Å². The Morgan fingerprint density at radius 2 is 1.88 bits per heavy atom. The molecule has 0 aliphatic carbocycles. The number of rotatable bonds is 8. The fraction of sp³-hybridized carbons (Fsp3) is 0.529. The van der Waals surface area contributed by atoms with E-state index in [9.17, 15) is 9.59 Å². The zero-order valence-corrected chi connectivity index (χ0v) is 16.3. The SMILES string of the molecule is CCNCC.NCCCC[C@H](N)C(=O)O.O=Cc1ccc(Cl)cc1Cl. The molecule has 0 saturated carbocycles. The molecule has 0 fully saturated rings. The average Bonchev–Trinajstić information content (AvgIpc) is 2.57. The molecule has 1 rings (SSSR count). The molecule has 0 aromatic heterocycles. The first kappa shape index (κ1) is 26.1. The van der Waals surface area contributed by atoms with Gasteiger partial charge in [0.15, 0.2) is 6.29 Å². The molecule has 0 radical (unpaired) electrons. The number of nitrogens with one attached hydrogen (secondary N) is 1. The fourth-order valence-corrected chi connectivity index (χ4v) is 1.93. The van der Waals surface area contributed by atoms with Gasteiger partial charge in [0.2, 0.25) is 0 Å². The first-order valence-corrected chi connectivity index (χ1v) is 8.88. The third kappa shape index (κ3) is 16.1. The molecule has 0 heterocycles. The lowest BCUT2D eigenvalue weighted by Gasteiger charge is -2.03. The van der Waals surface area contributed by atoms with Gasteiger partial charge >= 0.3 is 5.97 Å². The van der Waals surface area contributed by atoms with E-state index in [0.29, 0.717) is 34.9 Å². The van der Waals surface area contributed by atoms with Gasteiger partial charge in [-0.1, -0.05) is 43.5 Å². The third-order valence-electron chi connectivity index (χ3n) is 2.88. The van der Waals surface area contributed by atoms with Crippen molar-refractivity contribution in [2.24, 2.45) is 11.5 Å². The second-order valence-electron chi connectivity index (χ2n) is 4.97. The van der Waals surface area contributed by atoms with E-state index in [-0.39, 0.29) is 0 Å². The summed E-state index contributed by atoms with van der Waals surface area (Å²) >= 11 is 11.2. The Morgan fingerprint density at radius 3 is 2.24 bits per heavy atom. The van der Waals surface area contributed by atoms with Crippen LogP contribution in [0.4, 0.5) is 0 Å². The first-order chi connectivity index (χ1) is 11.8. The van der Waals surface area contributed by atoms with Crippen LogP contribution >= 0.6 is 23.2 Å². The van der Waals surface area contributed by atoms with Gasteiger partial charge in [0, 0.05) is 10.6 Å². The molecule has 1 aromatic rings. The Bertz CT molecular complexity index is 486. The maximum atomic E-state index is 10.2. The molecule has 0 amide bonds. The normalized spacial score (nSPS) is 10.6. The number of aliphatic carboxylic acids is 1. The molecule has 0 aliphatic heterocycles. The van der Waals surface area contributed by atoms with Gasteiger partial charge in [0.1, 0.15) is 6.04 Å². The van der Waals surface area contributed by atoms with Crippen LogP contribution in [0.1, 0.15) is 43.5 Å². The van der Waals surface area contributed by atoms with Crippen LogP contribution in [0.15, 0.2) is 18.2 Å². The Kier molecular flexibility index (Phi) is 18.4. The van der Waals surface area contributed by atoms with E-state index in [0.717, 1.165) is 25.9 Å². The number of nitrogens with two attached hydrogens (primary N) is 2. The molecule has 8 heteroatoms. The highest BCUT2D eigenvalue weighted by Crippen LogP contribution is 2.18. The topological polar surface area (TPSA) is 118 Å². The number of carboxylic acid groups (broad SMARTS) is 1. The van der Waals surface area contributed by atoms with Crippen LogP contribution in [-0.4, -0.2) is 43.0 Å². The highest BCUT2D eigenvalue weighted by molar-refractivity contribution is 6.36. The zero-order chi connectivity index (χ0) is 19.7. The van der Waals surface area contributed by atoms with Crippen molar-refractivity contribution in [2.75, 3.05) is 19.6 Å². The van der Waals surface area contributed by atoms with E-state index in [1.807, 2.05) is 0 Å². The molecule has 25 heavy (non-hydrogen) atoms. The number of carbonyl (C=O) groups excluding carboxylic acids is 1. The standard InChI is InChI=1S/C7H4Cl2O.C6H14N2O2.C4H11N/c8-6-2-1-5(4-10)7(9)3-6;7-4-2-1-3-5(8)6(9)10;1-3-5-4-2/h1-4H;5H,1-4,7-8H2,(H,9,10);5H,3-4H2,1-2H3/t;5-;/m.0./s1. The second-order valence-corrected chi connectivity index (χ2v) is 5.81. The van der Waals surface area contributed by atoms with E-state index in [1.54, 1.807) is 12.1 Å². The molecule has 6 N–H and O–H groups in total. The zero-order valence-electron chi connectivity index (χ0n) is 14.8. The summed E-state index contributed by atoms with van der Waals surface area (Å²) < 4.78 is 0. The predicted octanol–water partition coefficient (Wildman–Crippen LogP) is 2.95. The van der Waals surface area contributed by atoms with Crippen molar-refractivity contribution in [1.29, 1.82) is 0 Å². The molecule has 144 valence electrons. The van der Waals surface area contributed by atoms with Crippen LogP contribution in [-0.2, 0) is 4.79 Å². The van der Waals surface area contributed by atoms with Gasteiger partial charge in [-0.05, 0) is 50.7 Å². The highest BCUT2D eigenvalue weighted by Gasteiger charge is 2.09. The molecule has 0 spiro atoms. The first-order valence-electron chi connectivity index (χ1n) is 8.13. The van der Waals surface area contributed by atoms with Crippen molar-refractivity contribution in [1.82, 2.24) is 5.32 Å². The smallest absolute Gasteiger partial charge is 0.320 e. The Hall–Kier alpha value is -1.18. The summed E-state index contributed by atoms with van der Waals surface area (Å²) in [6.07, 6.45) is 2.86. The van der Waals surface area contributed by atoms with Crippen LogP contribution in [0.25, 0.3) is 0 Å². The van der Waals surface area contributed by atoms with Crippen molar-refractivity contribution in [2.45, 2.75) is 39.2 Å². The van der Waals surface area contributed by atoms with Crippen molar-refractivity contribution in [3.63, 3.8) is 0 Å². The summed E-state index contributed by atoms with van der Waals surface area (Å²) in [5, 5.41) is 12.4. The van der Waals surface area contributed by atoms with Gasteiger partial charge in [-0.15, -0.1) is 0 Å². The van der Waals surface area contributed by atoms with Gasteiger partial charge in [-0.2, -0.15) is 0 Å². The van der Waals surface area contributed by atoms with E-state index < -0.39 is 12.0 Å². The van der Waals surface area contributed by atoms with Crippen molar-refractivity contribution < 1.29 is 14.7 Å². The summed E-state index contributed by atoms with van der Waals surface area (Å²) in [6.45, 7) is 6.99. The summed E-state index contributed by atoms with van der Waals surface area (Å²) in [6, 6.07) is 4.02. The third-order valence-corrected chi connectivity index (χ3v) is 3.44. The molecule has 0 unspecified atom stereocenters. The Balaban J connectivity index is 0. The number of carboxylic acids is 1. The number of unbranched alkanes of at least 4 members (excludes halogenated alkanes) is 1. The molecule has 6 nitrogen and oxygen atoms in total. The van der Waals surface area contributed by atoms with Crippen LogP contribution < -0.4 is 16.8 Å². The van der Waals surface area contributed by atoms with Gasteiger partial charge < -0.3 is 21.9 Å². The van der Waals surface area contributed by atoms with E-state index in [2.05, 4.69) is 19.2 Å². The monoisotopic (exact) mass is 393 g/mol. The van der Waals surface area contributed by atoms with Gasteiger partial charge in [0.25, 0.3) is 0 Å². The van der Waals surface area contributed by atoms with Crippen molar-refractivity contribution in [3.8, 4) is 0 Å². The van der Waals surface area contributed by atoms with Crippen molar-refractivity contribution in [3.05, 3.63) is 33.8 Å². The number of hydrogen-bond acceptors (Lipinski definition) is 5. The summed E-state index contributed by atoms with van der Waals surface area (Å²) in [4.78, 5) is 20.3. The van der Waals surface area contributed by atoms with Crippen LogP contribution in [0.5, 0.6) is 0 Å². The van der Waals surface area contributed by atoms with E-state index in [1.165, 1.54) is 6.07 Å². The summed E-state index contributed by atoms with van der Waals surface area (Å²) in [5.74, 6) is -0.933. The van der Waals surface area contributed by atoms with Crippen LogP contribution in [0, 0.1) is 0 Å². The number of hydrogen-bond donors (Lipinski definition) is 4. The molecular formula is C17H29Cl2N3O3. The summed E-state index contributed by atoms with van der Waals surface area (Å²) in [5.41, 5.74) is 10.9. The molecule has 1 atom stereocenters. The minimum absolute atomic E-state index is 0.391. The van der Waals surface area contributed by atoms with Gasteiger partial charge in [-0.25, -0.2) is 0 Å². The molecular weight excluding hydrogens is 365 g/mol. The number of aldehydes is 1. The van der Waals surface area contributed by atoms with E-state index >= 15 is 0 Å². The summed E-state index contributed by atoms with van der Waals surface area (Å²) in [7, 11) is 0. The lowest BCUT2D eigenvalue weighted by atomic mass is 10.1. The van der Waals surface area contributed by atoms with Crippen LogP contribution in [0.3, 0.4) is 0 Å². The Morgan fingerprint density at radius 1 is 1.28 bits per heavy atom.